The van der Waals surface area contributed by atoms with E-state index in [0.717, 1.165) is 6.42 Å². The van der Waals surface area contributed by atoms with Gasteiger partial charge in [0.25, 0.3) is 0 Å². The van der Waals surface area contributed by atoms with Gasteiger partial charge in [0.1, 0.15) is 6.04 Å². The number of rotatable bonds is 10. The highest BCUT2D eigenvalue weighted by Crippen LogP contribution is 2.26. The van der Waals surface area contributed by atoms with Crippen LogP contribution in [0.3, 0.4) is 0 Å². The number of carbonyl (C=O) groups excluding carboxylic acids is 2. The number of aromatic nitrogens is 2. The molecule has 0 bridgehead atoms. The predicted molar refractivity (Wildman–Crippen MR) is 95.8 cm³/mol. The number of carbonyl (C=O) groups is 2. The average Bonchev–Trinajstić information content (AvgIpc) is 3.12. The van der Waals surface area contributed by atoms with Crippen LogP contribution in [0.2, 0.25) is 0 Å². The molecular weight excluding hydrogens is 336 g/mol. The second kappa shape index (κ2) is 10.9. The number of hydrogen-bond acceptors (Lipinski definition) is 7. The van der Waals surface area contributed by atoms with Crippen LogP contribution >= 0.6 is 0 Å². The zero-order valence-corrected chi connectivity index (χ0v) is 15.2. The van der Waals surface area contributed by atoms with E-state index in [9.17, 15) is 9.59 Å². The van der Waals surface area contributed by atoms with Gasteiger partial charge in [0.15, 0.2) is 5.82 Å². The lowest BCUT2D eigenvalue weighted by atomic mass is 9.87. The SMILES string of the molecule is NCCCC(NC(=O)CNC(=O)CN)c1nc(CC2CCCCC2)no1. The highest BCUT2D eigenvalue weighted by molar-refractivity contribution is 5.85. The van der Waals surface area contributed by atoms with Crippen LogP contribution in [0.25, 0.3) is 0 Å². The van der Waals surface area contributed by atoms with Crippen molar-refractivity contribution < 1.29 is 14.1 Å². The van der Waals surface area contributed by atoms with Crippen molar-refractivity contribution in [1.82, 2.24) is 20.8 Å². The van der Waals surface area contributed by atoms with Gasteiger partial charge < -0.3 is 26.6 Å². The Hall–Kier alpha value is -2.00. The van der Waals surface area contributed by atoms with Crippen LogP contribution in [-0.2, 0) is 16.0 Å². The molecule has 9 nitrogen and oxygen atoms in total. The number of hydrogen-bond donors (Lipinski definition) is 4. The van der Waals surface area contributed by atoms with Crippen LogP contribution in [0.4, 0.5) is 0 Å². The minimum atomic E-state index is -0.409. The van der Waals surface area contributed by atoms with Gasteiger partial charge in [-0.2, -0.15) is 4.98 Å². The third-order valence-electron chi connectivity index (χ3n) is 4.64. The molecule has 0 saturated heterocycles. The van der Waals surface area contributed by atoms with Gasteiger partial charge in [0, 0.05) is 6.42 Å². The monoisotopic (exact) mass is 366 g/mol. The molecule has 0 aliphatic heterocycles. The maximum absolute atomic E-state index is 12.0. The van der Waals surface area contributed by atoms with E-state index in [2.05, 4.69) is 20.8 Å². The Morgan fingerprint density at radius 1 is 1.19 bits per heavy atom. The summed E-state index contributed by atoms with van der Waals surface area (Å²) < 4.78 is 5.39. The van der Waals surface area contributed by atoms with Crippen LogP contribution in [-0.4, -0.2) is 41.6 Å². The molecule has 1 unspecified atom stereocenters. The summed E-state index contributed by atoms with van der Waals surface area (Å²) in [6, 6.07) is -0.409. The van der Waals surface area contributed by atoms with Crippen molar-refractivity contribution in [2.45, 2.75) is 57.4 Å². The van der Waals surface area contributed by atoms with Crippen LogP contribution in [0, 0.1) is 5.92 Å². The third-order valence-corrected chi connectivity index (χ3v) is 4.64. The zero-order valence-electron chi connectivity index (χ0n) is 15.2. The van der Waals surface area contributed by atoms with E-state index in [1.807, 2.05) is 0 Å². The summed E-state index contributed by atoms with van der Waals surface area (Å²) in [5, 5.41) is 9.33. The van der Waals surface area contributed by atoms with E-state index < -0.39 is 6.04 Å². The summed E-state index contributed by atoms with van der Waals surface area (Å²) in [6.07, 6.45) is 8.36. The van der Waals surface area contributed by atoms with Crippen molar-refractivity contribution in [2.24, 2.45) is 17.4 Å². The summed E-state index contributed by atoms with van der Waals surface area (Å²) in [5.74, 6) is 0.975. The van der Waals surface area contributed by atoms with E-state index in [1.165, 1.54) is 32.1 Å². The fourth-order valence-electron chi connectivity index (χ4n) is 3.22. The normalized spacial score (nSPS) is 16.2. The molecule has 1 saturated carbocycles. The van der Waals surface area contributed by atoms with Crippen LogP contribution in [0.15, 0.2) is 4.52 Å². The Kier molecular flexibility index (Phi) is 8.49. The van der Waals surface area contributed by atoms with E-state index >= 15 is 0 Å². The fraction of sp³-hybridized carbons (Fsp3) is 0.765. The molecule has 0 aromatic carbocycles. The Morgan fingerprint density at radius 3 is 2.65 bits per heavy atom. The molecule has 0 spiro atoms. The molecule has 26 heavy (non-hydrogen) atoms. The Morgan fingerprint density at radius 2 is 1.96 bits per heavy atom. The average molecular weight is 366 g/mol. The molecule has 1 aromatic heterocycles. The third kappa shape index (κ3) is 6.72. The van der Waals surface area contributed by atoms with Gasteiger partial charge in [-0.25, -0.2) is 0 Å². The quantitative estimate of drug-likeness (QED) is 0.461. The molecule has 6 N–H and O–H groups in total. The molecule has 1 aliphatic rings. The van der Waals surface area contributed by atoms with Crippen LogP contribution < -0.4 is 22.1 Å². The van der Waals surface area contributed by atoms with Crippen molar-refractivity contribution in [1.29, 1.82) is 0 Å². The number of nitrogens with two attached hydrogens (primary N) is 2. The Bertz CT molecular complexity index is 571. The molecule has 1 atom stereocenters. The standard InChI is InChI=1S/C17H30N6O3/c18-8-4-7-13(21-16(25)11-20-15(24)10-19)17-22-14(23-26-17)9-12-5-2-1-3-6-12/h12-13H,1-11,18-19H2,(H,20,24)(H,21,25). The number of nitrogens with zero attached hydrogens (tertiary/aromatic N) is 2. The van der Waals surface area contributed by atoms with E-state index in [4.69, 9.17) is 16.0 Å². The first kappa shape index (κ1) is 20.3. The second-order valence-electron chi connectivity index (χ2n) is 6.79. The molecule has 2 amide bonds. The molecule has 2 rings (SSSR count). The second-order valence-corrected chi connectivity index (χ2v) is 6.79. The van der Waals surface area contributed by atoms with Crippen LogP contribution in [0.1, 0.15) is 62.7 Å². The summed E-state index contributed by atoms with van der Waals surface area (Å²) in [7, 11) is 0. The molecular formula is C17H30N6O3. The first-order valence-corrected chi connectivity index (χ1v) is 9.41. The van der Waals surface area contributed by atoms with E-state index in [-0.39, 0.29) is 24.9 Å². The Balaban J connectivity index is 1.92. The lowest BCUT2D eigenvalue weighted by Gasteiger charge is -2.19. The summed E-state index contributed by atoms with van der Waals surface area (Å²) >= 11 is 0. The largest absolute Gasteiger partial charge is 0.346 e. The lowest BCUT2D eigenvalue weighted by Crippen LogP contribution is -2.40. The van der Waals surface area contributed by atoms with Gasteiger partial charge in [0.2, 0.25) is 17.7 Å². The van der Waals surface area contributed by atoms with Crippen molar-refractivity contribution in [3.05, 3.63) is 11.7 Å². The summed E-state index contributed by atoms with van der Waals surface area (Å²) in [5.41, 5.74) is 10.8. The maximum atomic E-state index is 12.0. The summed E-state index contributed by atoms with van der Waals surface area (Å²) in [4.78, 5) is 27.7. The molecule has 1 aromatic rings. The summed E-state index contributed by atoms with van der Waals surface area (Å²) in [6.45, 7) is 0.204. The molecule has 9 heteroatoms. The van der Waals surface area contributed by atoms with Crippen molar-refractivity contribution in [2.75, 3.05) is 19.6 Å². The van der Waals surface area contributed by atoms with Gasteiger partial charge in [-0.05, 0) is 25.3 Å². The van der Waals surface area contributed by atoms with Crippen molar-refractivity contribution in [3.8, 4) is 0 Å². The first-order valence-electron chi connectivity index (χ1n) is 9.41. The van der Waals surface area contributed by atoms with Crippen molar-refractivity contribution >= 4 is 11.8 Å². The van der Waals surface area contributed by atoms with Gasteiger partial charge in [0.05, 0.1) is 13.1 Å². The zero-order chi connectivity index (χ0) is 18.8. The molecule has 0 radical (unpaired) electrons. The first-order chi connectivity index (χ1) is 12.6. The smallest absolute Gasteiger partial charge is 0.249 e. The Labute approximate surface area is 153 Å². The highest BCUT2D eigenvalue weighted by Gasteiger charge is 2.23. The van der Waals surface area contributed by atoms with E-state index in [1.54, 1.807) is 0 Å². The molecule has 1 heterocycles. The van der Waals surface area contributed by atoms with Gasteiger partial charge in [-0.1, -0.05) is 37.3 Å². The lowest BCUT2D eigenvalue weighted by molar-refractivity contribution is -0.125. The molecule has 1 fully saturated rings. The van der Waals surface area contributed by atoms with Gasteiger partial charge >= 0.3 is 0 Å². The van der Waals surface area contributed by atoms with Crippen LogP contribution in [0.5, 0.6) is 0 Å². The maximum Gasteiger partial charge on any atom is 0.249 e. The molecule has 1 aliphatic carbocycles. The van der Waals surface area contributed by atoms with Crippen molar-refractivity contribution in [3.63, 3.8) is 0 Å². The highest BCUT2D eigenvalue weighted by atomic mass is 16.5. The topological polar surface area (TPSA) is 149 Å². The van der Waals surface area contributed by atoms with Gasteiger partial charge in [-0.15, -0.1) is 0 Å². The fourth-order valence-corrected chi connectivity index (χ4v) is 3.22. The van der Waals surface area contributed by atoms with Gasteiger partial charge in [-0.3, -0.25) is 9.59 Å². The number of nitrogens with one attached hydrogen (secondary N) is 2. The molecule has 146 valence electrons. The number of amides is 2. The minimum Gasteiger partial charge on any atom is -0.346 e. The minimum absolute atomic E-state index is 0.141. The van der Waals surface area contributed by atoms with E-state index in [0.29, 0.717) is 37.0 Å². The predicted octanol–water partition coefficient (Wildman–Crippen LogP) is 0.164.